The largest absolute Gasteiger partial charge is 0.481 e. The Kier molecular flexibility index (Phi) is 15.1. The van der Waals surface area contributed by atoms with Crippen LogP contribution in [-0.4, -0.2) is 142 Å². The van der Waals surface area contributed by atoms with Crippen LogP contribution >= 0.6 is 0 Å². The normalized spacial score (nSPS) is 19.8. The molecule has 2 aliphatic heterocycles. The van der Waals surface area contributed by atoms with Gasteiger partial charge in [-0.1, -0.05) is 0 Å². The highest BCUT2D eigenvalue weighted by molar-refractivity contribution is 7.87. The number of carbonyl (C=O) groups is 4. The fourth-order valence-corrected chi connectivity index (χ4v) is 6.07. The predicted octanol–water partition coefficient (Wildman–Crippen LogP) is -2.52. The lowest BCUT2D eigenvalue weighted by Crippen LogP contribution is -2.56. The van der Waals surface area contributed by atoms with E-state index in [9.17, 15) is 22.8 Å². The van der Waals surface area contributed by atoms with Crippen LogP contribution in [0, 0.1) is 11.3 Å². The van der Waals surface area contributed by atoms with Crippen LogP contribution in [0.15, 0.2) is 0 Å². The lowest BCUT2D eigenvalue weighted by Gasteiger charge is -2.33. The molecule has 0 spiro atoms. The summed E-state index contributed by atoms with van der Waals surface area (Å²) < 4.78 is 40.0. The van der Waals surface area contributed by atoms with Gasteiger partial charge in [0.2, 0.25) is 17.7 Å². The second-order valence-electron chi connectivity index (χ2n) is 10.6. The third-order valence-electron chi connectivity index (χ3n) is 6.96. The Morgan fingerprint density at radius 3 is 2.35 bits per heavy atom. The number of nitrogens with one attached hydrogen (secondary N) is 4. The number of methoxy groups -OCH3 is 1. The number of nitrogens with two attached hydrogens (primary N) is 1. The number of likely N-dealkylation sites (tertiary alicyclic amines) is 1. The van der Waals surface area contributed by atoms with Gasteiger partial charge < -0.3 is 40.7 Å². The summed E-state index contributed by atoms with van der Waals surface area (Å²) in [6, 6.07) is -1.39. The van der Waals surface area contributed by atoms with E-state index in [1.54, 1.807) is 9.80 Å². The molecule has 0 aromatic carbocycles. The highest BCUT2D eigenvalue weighted by Crippen LogP contribution is 2.27. The number of morpholine rings is 1. The molecule has 0 aromatic rings. The van der Waals surface area contributed by atoms with Crippen molar-refractivity contribution in [2.75, 3.05) is 72.7 Å². The SMILES string of the molecule is CC(=O)O.COCC(=O)NCCN(C(=O)[C@H](CC(=O)NC[C@@H]1CCCN(C(=N)N)C1)NS(=O)(=O)N1CCOCC1)C1CC1. The van der Waals surface area contributed by atoms with E-state index in [0.717, 1.165) is 32.6 Å². The zero-order valence-electron chi connectivity index (χ0n) is 24.9. The first-order chi connectivity index (χ1) is 20.3. The molecule has 3 fully saturated rings. The lowest BCUT2D eigenvalue weighted by molar-refractivity contribution is -0.136. The first-order valence-corrected chi connectivity index (χ1v) is 15.7. The Balaban J connectivity index is 0.00000151. The molecule has 18 heteroatoms. The first kappa shape index (κ1) is 36.1. The van der Waals surface area contributed by atoms with Crippen LogP contribution in [0.4, 0.5) is 0 Å². The van der Waals surface area contributed by atoms with E-state index >= 15 is 0 Å². The average molecular weight is 635 g/mol. The van der Waals surface area contributed by atoms with Crippen molar-refractivity contribution in [1.29, 1.82) is 5.41 Å². The molecule has 3 amide bonds. The van der Waals surface area contributed by atoms with Gasteiger partial charge in [-0.05, 0) is 31.6 Å². The second-order valence-corrected chi connectivity index (χ2v) is 12.3. The molecule has 43 heavy (non-hydrogen) atoms. The van der Waals surface area contributed by atoms with Gasteiger partial charge in [-0.15, -0.1) is 0 Å². The number of rotatable bonds is 14. The van der Waals surface area contributed by atoms with E-state index in [4.69, 9.17) is 30.5 Å². The molecule has 2 heterocycles. The van der Waals surface area contributed by atoms with Gasteiger partial charge in [-0.25, -0.2) is 0 Å². The topological polar surface area (TPSA) is 237 Å². The molecular formula is C25H46N8O9S. The molecule has 17 nitrogen and oxygen atoms in total. The van der Waals surface area contributed by atoms with Crippen molar-refractivity contribution in [1.82, 2.24) is 29.5 Å². The maximum atomic E-state index is 13.6. The van der Waals surface area contributed by atoms with E-state index in [2.05, 4.69) is 15.4 Å². The number of nitrogens with zero attached hydrogens (tertiary/aromatic N) is 3. The summed E-state index contributed by atoms with van der Waals surface area (Å²) in [6.07, 6.45) is 2.87. The van der Waals surface area contributed by atoms with Crippen molar-refractivity contribution < 1.29 is 42.2 Å². The van der Waals surface area contributed by atoms with Crippen LogP contribution in [0.25, 0.3) is 0 Å². The Morgan fingerprint density at radius 1 is 1.12 bits per heavy atom. The van der Waals surface area contributed by atoms with Crippen LogP contribution in [0.3, 0.4) is 0 Å². The summed E-state index contributed by atoms with van der Waals surface area (Å²) in [7, 11) is -2.65. The van der Waals surface area contributed by atoms with Crippen LogP contribution < -0.4 is 21.1 Å². The smallest absolute Gasteiger partial charge is 0.300 e. The van der Waals surface area contributed by atoms with Crippen LogP contribution in [0.1, 0.15) is 39.0 Å². The molecule has 1 aliphatic carbocycles. The summed E-state index contributed by atoms with van der Waals surface area (Å²) in [6.45, 7) is 3.69. The Hall–Kier alpha value is -3.06. The molecule has 0 radical (unpaired) electrons. The summed E-state index contributed by atoms with van der Waals surface area (Å²) in [5.41, 5.74) is 5.60. The van der Waals surface area contributed by atoms with Crippen molar-refractivity contribution in [2.45, 2.75) is 51.1 Å². The zero-order valence-corrected chi connectivity index (χ0v) is 25.7. The molecule has 1 saturated carbocycles. The zero-order chi connectivity index (χ0) is 32.0. The van der Waals surface area contributed by atoms with Gasteiger partial charge >= 0.3 is 0 Å². The fourth-order valence-electron chi connectivity index (χ4n) is 4.74. The number of carboxylic acid groups (broad SMARTS) is 1. The molecule has 0 bridgehead atoms. The van der Waals surface area contributed by atoms with Gasteiger partial charge in [0.1, 0.15) is 12.6 Å². The standard InChI is InChI=1S/C23H42N8O7S.C2H4O2/c1-37-16-21(33)26-6-8-31(18-4-5-18)22(34)19(28-39(35,36)30-9-11-38-12-10-30)13-20(32)27-14-17-3-2-7-29(15-17)23(24)25;1-2(3)4/h17-19,28H,2-16H2,1H3,(H3,24,25)(H,26,33)(H,27,32);1H3,(H,3,4)/t17-,19-;/m0./s1. The number of hydrogen-bond donors (Lipinski definition) is 6. The number of carboxylic acids is 1. The van der Waals surface area contributed by atoms with Gasteiger partial charge in [0, 0.05) is 65.9 Å². The van der Waals surface area contributed by atoms with Crippen molar-refractivity contribution >= 4 is 39.9 Å². The molecule has 7 N–H and O–H groups in total. The van der Waals surface area contributed by atoms with Crippen molar-refractivity contribution in [2.24, 2.45) is 11.7 Å². The summed E-state index contributed by atoms with van der Waals surface area (Å²) in [4.78, 5) is 50.7. The van der Waals surface area contributed by atoms with Gasteiger partial charge in [-0.3, -0.25) is 24.6 Å². The summed E-state index contributed by atoms with van der Waals surface area (Å²) in [5, 5.41) is 20.6. The van der Waals surface area contributed by atoms with E-state index in [-0.39, 0.29) is 76.2 Å². The van der Waals surface area contributed by atoms with E-state index in [1.165, 1.54) is 11.4 Å². The minimum absolute atomic E-state index is 0.00668. The van der Waals surface area contributed by atoms with Crippen LogP contribution in [0.2, 0.25) is 0 Å². The minimum atomic E-state index is -4.06. The number of aliphatic carboxylic acids is 1. The number of ether oxygens (including phenoxy) is 2. The molecule has 0 unspecified atom stereocenters. The molecule has 0 aromatic heterocycles. The molecule has 2 atom stereocenters. The number of piperidine rings is 1. The number of guanidine groups is 1. The number of hydrogen-bond acceptors (Lipinski definition) is 9. The molecule has 3 rings (SSSR count). The van der Waals surface area contributed by atoms with Crippen molar-refractivity contribution in [3.63, 3.8) is 0 Å². The third kappa shape index (κ3) is 13.4. The summed E-state index contributed by atoms with van der Waals surface area (Å²) in [5.74, 6) is -2.04. The average Bonchev–Trinajstić information content (AvgIpc) is 3.79. The van der Waals surface area contributed by atoms with Gasteiger partial charge in [-0.2, -0.15) is 17.4 Å². The maximum Gasteiger partial charge on any atom is 0.300 e. The van der Waals surface area contributed by atoms with Gasteiger partial charge in [0.25, 0.3) is 16.2 Å². The Labute approximate surface area is 252 Å². The molecule has 2 saturated heterocycles. The van der Waals surface area contributed by atoms with Crippen LogP contribution in [-0.2, 0) is 38.9 Å². The van der Waals surface area contributed by atoms with Crippen molar-refractivity contribution in [3.05, 3.63) is 0 Å². The van der Waals surface area contributed by atoms with E-state index < -0.39 is 34.0 Å². The first-order valence-electron chi connectivity index (χ1n) is 14.3. The maximum absolute atomic E-state index is 13.6. The Morgan fingerprint density at radius 2 is 1.77 bits per heavy atom. The lowest BCUT2D eigenvalue weighted by atomic mass is 9.98. The number of amides is 3. The van der Waals surface area contributed by atoms with E-state index in [0.29, 0.717) is 19.6 Å². The minimum Gasteiger partial charge on any atom is -0.481 e. The predicted molar refractivity (Wildman–Crippen MR) is 155 cm³/mol. The van der Waals surface area contributed by atoms with Crippen molar-refractivity contribution in [3.8, 4) is 0 Å². The molecule has 3 aliphatic rings. The van der Waals surface area contributed by atoms with Gasteiger partial charge in [0.15, 0.2) is 5.96 Å². The quantitative estimate of drug-likeness (QED) is 0.0861. The molecular weight excluding hydrogens is 588 g/mol. The van der Waals surface area contributed by atoms with E-state index in [1.807, 2.05) is 0 Å². The molecule has 246 valence electrons. The Bertz CT molecular complexity index is 1060. The highest BCUT2D eigenvalue weighted by atomic mass is 32.2. The summed E-state index contributed by atoms with van der Waals surface area (Å²) >= 11 is 0. The third-order valence-corrected chi connectivity index (χ3v) is 8.58. The van der Waals surface area contributed by atoms with Crippen LogP contribution in [0.5, 0.6) is 0 Å². The number of carbonyl (C=O) groups excluding carboxylic acids is 3. The fraction of sp³-hybridized carbons (Fsp3) is 0.800. The monoisotopic (exact) mass is 634 g/mol. The second kappa shape index (κ2) is 17.9. The van der Waals surface area contributed by atoms with Gasteiger partial charge in [0.05, 0.1) is 19.6 Å². The highest BCUT2D eigenvalue weighted by Gasteiger charge is 2.39.